The Labute approximate surface area is 150 Å². The summed E-state index contributed by atoms with van der Waals surface area (Å²) in [7, 11) is 1.69. The molecule has 1 unspecified atom stereocenters. The molecule has 1 amide bonds. The molecule has 1 N–H and O–H groups in total. The minimum absolute atomic E-state index is 0. The maximum absolute atomic E-state index is 12.3. The molecule has 2 heterocycles. The van der Waals surface area contributed by atoms with Gasteiger partial charge in [-0.1, -0.05) is 12.1 Å². The minimum atomic E-state index is 0. The van der Waals surface area contributed by atoms with E-state index in [0.717, 1.165) is 45.0 Å². The third-order valence-electron chi connectivity index (χ3n) is 4.95. The van der Waals surface area contributed by atoms with E-state index in [1.165, 1.54) is 18.4 Å². The van der Waals surface area contributed by atoms with E-state index in [1.54, 1.807) is 7.11 Å². The molecule has 1 aromatic rings. The van der Waals surface area contributed by atoms with Crippen LogP contribution in [0.1, 0.15) is 30.9 Å². The van der Waals surface area contributed by atoms with Gasteiger partial charge in [0.15, 0.2) is 0 Å². The lowest BCUT2D eigenvalue weighted by atomic mass is 10.0. The van der Waals surface area contributed by atoms with Gasteiger partial charge in [0.2, 0.25) is 5.91 Å². The lowest BCUT2D eigenvalue weighted by Crippen LogP contribution is -2.47. The predicted octanol–water partition coefficient (Wildman–Crippen LogP) is 2.08. The average Bonchev–Trinajstić information content (AvgIpc) is 3.09. The number of piperazine rings is 1. The fraction of sp³-hybridized carbons (Fsp3) is 0.611. The van der Waals surface area contributed by atoms with Crippen molar-refractivity contribution in [3.8, 4) is 5.75 Å². The molecule has 2 aliphatic rings. The molecule has 1 atom stereocenters. The smallest absolute Gasteiger partial charge is 0.223 e. The molecule has 134 valence electrons. The van der Waals surface area contributed by atoms with E-state index in [4.69, 9.17) is 4.74 Å². The molecular formula is C18H28ClN3O2. The van der Waals surface area contributed by atoms with Crippen LogP contribution in [0.15, 0.2) is 24.3 Å². The van der Waals surface area contributed by atoms with Crippen LogP contribution in [0.2, 0.25) is 0 Å². The van der Waals surface area contributed by atoms with E-state index >= 15 is 0 Å². The van der Waals surface area contributed by atoms with Crippen LogP contribution in [0, 0.1) is 0 Å². The molecule has 2 aliphatic heterocycles. The Balaban J connectivity index is 0.00000208. The van der Waals surface area contributed by atoms with Crippen LogP contribution >= 0.6 is 12.4 Å². The first-order valence-corrected chi connectivity index (χ1v) is 8.64. The van der Waals surface area contributed by atoms with Gasteiger partial charge in [0.05, 0.1) is 7.11 Å². The van der Waals surface area contributed by atoms with Crippen LogP contribution < -0.4 is 10.1 Å². The number of nitrogens with zero attached hydrogens (tertiary/aromatic N) is 2. The van der Waals surface area contributed by atoms with E-state index < -0.39 is 0 Å². The molecule has 3 rings (SSSR count). The normalized spacial score (nSPS) is 21.4. The summed E-state index contributed by atoms with van der Waals surface area (Å²) in [5.74, 6) is 1.19. The minimum Gasteiger partial charge on any atom is -0.497 e. The van der Waals surface area contributed by atoms with Crippen LogP contribution in [0.5, 0.6) is 5.75 Å². The fourth-order valence-corrected chi connectivity index (χ4v) is 3.61. The van der Waals surface area contributed by atoms with Crippen molar-refractivity contribution in [2.75, 3.05) is 46.4 Å². The molecule has 24 heavy (non-hydrogen) atoms. The van der Waals surface area contributed by atoms with Gasteiger partial charge in [-0.05, 0) is 37.1 Å². The Hall–Kier alpha value is -1.30. The molecule has 0 bridgehead atoms. The number of amides is 1. The Bertz CT molecular complexity index is 518. The number of ether oxygens (including phenoxy) is 1. The summed E-state index contributed by atoms with van der Waals surface area (Å²) in [4.78, 5) is 16.8. The Kier molecular flexibility index (Phi) is 7.34. The molecule has 1 aromatic carbocycles. The molecule has 0 radical (unpaired) electrons. The molecule has 0 saturated carbocycles. The number of hydrogen-bond acceptors (Lipinski definition) is 4. The number of rotatable bonds is 5. The molecule has 2 saturated heterocycles. The Morgan fingerprint density at radius 3 is 2.58 bits per heavy atom. The molecule has 5 nitrogen and oxygen atoms in total. The first-order valence-electron chi connectivity index (χ1n) is 8.64. The van der Waals surface area contributed by atoms with Gasteiger partial charge in [-0.25, -0.2) is 0 Å². The highest BCUT2D eigenvalue weighted by Gasteiger charge is 2.27. The molecule has 0 spiro atoms. The molecule has 0 aliphatic carbocycles. The maximum atomic E-state index is 12.3. The first-order chi connectivity index (χ1) is 11.3. The third kappa shape index (κ3) is 4.62. The Morgan fingerprint density at radius 2 is 1.92 bits per heavy atom. The van der Waals surface area contributed by atoms with Gasteiger partial charge in [-0.3, -0.25) is 9.69 Å². The van der Waals surface area contributed by atoms with Crippen molar-refractivity contribution in [1.29, 1.82) is 0 Å². The summed E-state index contributed by atoms with van der Waals surface area (Å²) in [6.45, 7) is 5.49. The van der Waals surface area contributed by atoms with Gasteiger partial charge in [-0.2, -0.15) is 0 Å². The zero-order chi connectivity index (χ0) is 16.1. The summed E-state index contributed by atoms with van der Waals surface area (Å²) in [5.41, 5.74) is 1.33. The van der Waals surface area contributed by atoms with Gasteiger partial charge in [0, 0.05) is 45.2 Å². The van der Waals surface area contributed by atoms with Crippen molar-refractivity contribution in [2.24, 2.45) is 0 Å². The van der Waals surface area contributed by atoms with Crippen LogP contribution in [0.3, 0.4) is 0 Å². The zero-order valence-electron chi connectivity index (χ0n) is 14.4. The Morgan fingerprint density at radius 1 is 1.21 bits per heavy atom. The topological polar surface area (TPSA) is 44.8 Å². The molecule has 6 heteroatoms. The zero-order valence-corrected chi connectivity index (χ0v) is 15.2. The van der Waals surface area contributed by atoms with E-state index in [2.05, 4.69) is 22.3 Å². The fourth-order valence-electron chi connectivity index (χ4n) is 3.61. The van der Waals surface area contributed by atoms with Gasteiger partial charge in [0.25, 0.3) is 0 Å². The van der Waals surface area contributed by atoms with Crippen molar-refractivity contribution in [2.45, 2.75) is 25.3 Å². The second-order valence-corrected chi connectivity index (χ2v) is 6.35. The lowest BCUT2D eigenvalue weighted by Gasteiger charge is -2.29. The summed E-state index contributed by atoms with van der Waals surface area (Å²) >= 11 is 0. The largest absolute Gasteiger partial charge is 0.497 e. The number of carbonyl (C=O) groups is 1. The first kappa shape index (κ1) is 19.0. The second-order valence-electron chi connectivity index (χ2n) is 6.35. The van der Waals surface area contributed by atoms with Crippen molar-refractivity contribution < 1.29 is 9.53 Å². The number of benzene rings is 1. The van der Waals surface area contributed by atoms with Gasteiger partial charge in [0.1, 0.15) is 5.75 Å². The number of hydrogen-bond donors (Lipinski definition) is 1. The quantitative estimate of drug-likeness (QED) is 0.880. The van der Waals surface area contributed by atoms with Crippen LogP contribution in [0.4, 0.5) is 0 Å². The van der Waals surface area contributed by atoms with E-state index in [0.29, 0.717) is 18.4 Å². The third-order valence-corrected chi connectivity index (χ3v) is 4.95. The highest BCUT2D eigenvalue weighted by Crippen LogP contribution is 2.32. The maximum Gasteiger partial charge on any atom is 0.223 e. The highest BCUT2D eigenvalue weighted by atomic mass is 35.5. The summed E-state index contributed by atoms with van der Waals surface area (Å²) in [6.07, 6.45) is 3.01. The summed E-state index contributed by atoms with van der Waals surface area (Å²) in [5, 5.41) is 3.29. The number of nitrogens with one attached hydrogen (secondary N) is 1. The van der Waals surface area contributed by atoms with Crippen LogP contribution in [-0.4, -0.2) is 62.1 Å². The van der Waals surface area contributed by atoms with Crippen molar-refractivity contribution in [1.82, 2.24) is 15.1 Å². The SMILES string of the molecule is COc1ccc(C2CCCN2CCC(=O)N2CCNCC2)cc1.Cl. The second kappa shape index (κ2) is 9.25. The van der Waals surface area contributed by atoms with E-state index in [9.17, 15) is 4.79 Å². The highest BCUT2D eigenvalue weighted by molar-refractivity contribution is 5.85. The molecule has 2 fully saturated rings. The average molecular weight is 354 g/mol. The van der Waals surface area contributed by atoms with Crippen molar-refractivity contribution in [3.05, 3.63) is 29.8 Å². The van der Waals surface area contributed by atoms with Crippen LogP contribution in [0.25, 0.3) is 0 Å². The van der Waals surface area contributed by atoms with Gasteiger partial charge >= 0.3 is 0 Å². The van der Waals surface area contributed by atoms with Crippen molar-refractivity contribution in [3.63, 3.8) is 0 Å². The summed E-state index contributed by atoms with van der Waals surface area (Å²) in [6, 6.07) is 8.80. The van der Waals surface area contributed by atoms with Gasteiger partial charge in [-0.15, -0.1) is 12.4 Å². The van der Waals surface area contributed by atoms with E-state index in [-0.39, 0.29) is 12.4 Å². The lowest BCUT2D eigenvalue weighted by molar-refractivity contribution is -0.132. The van der Waals surface area contributed by atoms with E-state index in [1.807, 2.05) is 17.0 Å². The molecular weight excluding hydrogens is 326 g/mol. The number of halogens is 1. The molecule has 0 aromatic heterocycles. The number of methoxy groups -OCH3 is 1. The monoisotopic (exact) mass is 353 g/mol. The summed E-state index contributed by atoms with van der Waals surface area (Å²) < 4.78 is 5.24. The predicted molar refractivity (Wildman–Crippen MR) is 97.9 cm³/mol. The number of likely N-dealkylation sites (tertiary alicyclic amines) is 1. The van der Waals surface area contributed by atoms with Gasteiger partial charge < -0.3 is 15.0 Å². The van der Waals surface area contributed by atoms with Crippen molar-refractivity contribution >= 4 is 18.3 Å². The standard InChI is InChI=1S/C18H27N3O2.ClH/c1-23-16-6-4-15(5-7-16)17-3-2-11-20(17)12-8-18(22)21-13-9-19-10-14-21;/h4-7,17,19H,2-3,8-14H2,1H3;1H. The number of carbonyl (C=O) groups excluding carboxylic acids is 1. The van der Waals surface area contributed by atoms with Crippen LogP contribution in [-0.2, 0) is 4.79 Å².